The molecule has 2 fully saturated rings. The molecule has 3 nitrogen and oxygen atoms in total. The van der Waals surface area contributed by atoms with Crippen molar-refractivity contribution in [2.24, 2.45) is 11.8 Å². The lowest BCUT2D eigenvalue weighted by Gasteiger charge is -2.18. The number of carbonyl (C=O) groups excluding carboxylic acids is 1. The fourth-order valence-electron chi connectivity index (χ4n) is 2.99. The molecule has 0 aliphatic carbocycles. The molecule has 1 amide bonds. The summed E-state index contributed by atoms with van der Waals surface area (Å²) in [5.41, 5.74) is 1.13. The minimum absolute atomic E-state index is 0. The van der Waals surface area contributed by atoms with E-state index in [1.807, 2.05) is 6.92 Å². The van der Waals surface area contributed by atoms with Crippen molar-refractivity contribution in [3.05, 3.63) is 35.1 Å². The van der Waals surface area contributed by atoms with Crippen LogP contribution in [0.5, 0.6) is 0 Å². The summed E-state index contributed by atoms with van der Waals surface area (Å²) in [6.07, 6.45) is 0. The summed E-state index contributed by atoms with van der Waals surface area (Å²) in [5, 5.41) is 3.33. The summed E-state index contributed by atoms with van der Waals surface area (Å²) in [6.45, 7) is 5.34. The second-order valence-electron chi connectivity index (χ2n) is 5.37. The third-order valence-electron chi connectivity index (χ3n) is 4.03. The van der Waals surface area contributed by atoms with Crippen LogP contribution in [-0.2, 0) is 0 Å². The normalized spacial score (nSPS) is 25.1. The van der Waals surface area contributed by atoms with Crippen molar-refractivity contribution >= 4 is 18.3 Å². The highest BCUT2D eigenvalue weighted by atomic mass is 35.5. The quantitative estimate of drug-likeness (QED) is 0.854. The van der Waals surface area contributed by atoms with Crippen molar-refractivity contribution in [3.63, 3.8) is 0 Å². The van der Waals surface area contributed by atoms with E-state index in [9.17, 15) is 9.18 Å². The van der Waals surface area contributed by atoms with Crippen LogP contribution < -0.4 is 5.32 Å². The minimum Gasteiger partial charge on any atom is -0.338 e. The Labute approximate surface area is 118 Å². The Kier molecular flexibility index (Phi) is 4.11. The first-order valence-corrected chi connectivity index (χ1v) is 6.41. The maximum atomic E-state index is 13.7. The van der Waals surface area contributed by atoms with Crippen LogP contribution in [0.1, 0.15) is 15.9 Å². The molecule has 5 heteroatoms. The molecule has 0 unspecified atom stereocenters. The van der Waals surface area contributed by atoms with Gasteiger partial charge >= 0.3 is 0 Å². The van der Waals surface area contributed by atoms with Crippen LogP contribution in [0.15, 0.2) is 18.2 Å². The van der Waals surface area contributed by atoms with E-state index in [4.69, 9.17) is 0 Å². The Hall–Kier alpha value is -1.13. The number of amides is 1. The predicted octanol–water partition coefficient (Wildman–Crippen LogP) is 1.85. The van der Waals surface area contributed by atoms with E-state index >= 15 is 0 Å². The van der Waals surface area contributed by atoms with Crippen LogP contribution in [0.2, 0.25) is 0 Å². The second-order valence-corrected chi connectivity index (χ2v) is 5.37. The Balaban J connectivity index is 0.00000133. The number of halogens is 2. The van der Waals surface area contributed by atoms with Crippen molar-refractivity contribution in [3.8, 4) is 0 Å². The van der Waals surface area contributed by atoms with Crippen LogP contribution in [0.25, 0.3) is 0 Å². The van der Waals surface area contributed by atoms with Gasteiger partial charge in [-0.1, -0.05) is 11.6 Å². The van der Waals surface area contributed by atoms with Crippen molar-refractivity contribution in [2.45, 2.75) is 6.92 Å². The highest BCUT2D eigenvalue weighted by Gasteiger charge is 2.38. The number of fused-ring (bicyclic) bond motifs is 1. The first kappa shape index (κ1) is 14.3. The van der Waals surface area contributed by atoms with Crippen molar-refractivity contribution < 1.29 is 9.18 Å². The van der Waals surface area contributed by atoms with Gasteiger partial charge in [0.25, 0.3) is 5.91 Å². The van der Waals surface area contributed by atoms with Gasteiger partial charge in [-0.05, 0) is 30.9 Å². The number of carbonyl (C=O) groups is 1. The average Bonchev–Trinajstić information content (AvgIpc) is 2.91. The standard InChI is InChI=1S/C14H17FN2O.ClH/c1-9-2-3-13(15)12(4-9)14(18)17-7-10-5-16-6-11(10)8-17;/h2-4,10-11,16H,5-8H2,1H3;1H/t10-,11+;. The van der Waals surface area contributed by atoms with E-state index in [0.29, 0.717) is 11.8 Å². The number of hydrogen-bond acceptors (Lipinski definition) is 2. The molecular weight excluding hydrogens is 267 g/mol. The van der Waals surface area contributed by atoms with Crippen molar-refractivity contribution in [1.29, 1.82) is 0 Å². The molecule has 2 aliphatic heterocycles. The zero-order valence-corrected chi connectivity index (χ0v) is 11.7. The second kappa shape index (κ2) is 5.47. The SMILES string of the molecule is Cc1ccc(F)c(C(=O)N2C[C@H]3CNC[C@H]3C2)c1.Cl. The van der Waals surface area contributed by atoms with E-state index in [0.717, 1.165) is 31.7 Å². The molecule has 104 valence electrons. The zero-order chi connectivity index (χ0) is 12.7. The van der Waals surface area contributed by atoms with E-state index < -0.39 is 5.82 Å². The molecule has 2 atom stereocenters. The fraction of sp³-hybridized carbons (Fsp3) is 0.500. The fourth-order valence-corrected chi connectivity index (χ4v) is 2.99. The van der Waals surface area contributed by atoms with Gasteiger partial charge in [-0.15, -0.1) is 12.4 Å². The van der Waals surface area contributed by atoms with Gasteiger partial charge in [0.1, 0.15) is 5.82 Å². The summed E-state index contributed by atoms with van der Waals surface area (Å²) < 4.78 is 13.7. The molecule has 2 aliphatic rings. The molecule has 2 saturated heterocycles. The topological polar surface area (TPSA) is 32.3 Å². The number of aryl methyl sites for hydroxylation is 1. The molecule has 0 bridgehead atoms. The first-order chi connectivity index (χ1) is 8.65. The van der Waals surface area contributed by atoms with Crippen molar-refractivity contribution in [2.75, 3.05) is 26.2 Å². The molecule has 1 aromatic carbocycles. The summed E-state index contributed by atoms with van der Waals surface area (Å²) in [6, 6.07) is 4.71. The molecule has 0 spiro atoms. The molecule has 0 saturated carbocycles. The van der Waals surface area contributed by atoms with Crippen LogP contribution in [-0.4, -0.2) is 37.0 Å². The van der Waals surface area contributed by atoms with Gasteiger partial charge in [0.05, 0.1) is 5.56 Å². The number of hydrogen-bond donors (Lipinski definition) is 1. The molecule has 1 N–H and O–H groups in total. The molecule has 2 heterocycles. The Morgan fingerprint density at radius 3 is 2.58 bits per heavy atom. The van der Waals surface area contributed by atoms with Crippen LogP contribution >= 0.6 is 12.4 Å². The highest BCUT2D eigenvalue weighted by molar-refractivity contribution is 5.94. The van der Waals surface area contributed by atoms with Crippen LogP contribution in [0, 0.1) is 24.6 Å². The van der Waals surface area contributed by atoms with Crippen LogP contribution in [0.3, 0.4) is 0 Å². The van der Waals surface area contributed by atoms with Gasteiger partial charge in [-0.3, -0.25) is 4.79 Å². The Morgan fingerprint density at radius 2 is 1.95 bits per heavy atom. The Morgan fingerprint density at radius 1 is 1.32 bits per heavy atom. The van der Waals surface area contributed by atoms with Crippen molar-refractivity contribution in [1.82, 2.24) is 10.2 Å². The third kappa shape index (κ3) is 2.60. The molecular formula is C14H18ClFN2O. The lowest BCUT2D eigenvalue weighted by molar-refractivity contribution is 0.0777. The zero-order valence-electron chi connectivity index (χ0n) is 10.9. The van der Waals surface area contributed by atoms with Gasteiger partial charge in [0.15, 0.2) is 0 Å². The van der Waals surface area contributed by atoms with E-state index in [2.05, 4.69) is 5.32 Å². The number of likely N-dealkylation sites (tertiary alicyclic amines) is 1. The van der Waals surface area contributed by atoms with Gasteiger partial charge in [-0.25, -0.2) is 4.39 Å². The smallest absolute Gasteiger partial charge is 0.256 e. The highest BCUT2D eigenvalue weighted by Crippen LogP contribution is 2.27. The van der Waals surface area contributed by atoms with E-state index in [1.54, 1.807) is 17.0 Å². The number of nitrogens with one attached hydrogen (secondary N) is 1. The van der Waals surface area contributed by atoms with Gasteiger partial charge in [0, 0.05) is 26.2 Å². The maximum Gasteiger partial charge on any atom is 0.256 e. The number of nitrogens with zero attached hydrogens (tertiary/aromatic N) is 1. The molecule has 19 heavy (non-hydrogen) atoms. The molecule has 0 aromatic heterocycles. The van der Waals surface area contributed by atoms with Gasteiger partial charge in [0.2, 0.25) is 0 Å². The van der Waals surface area contributed by atoms with Crippen LogP contribution in [0.4, 0.5) is 4.39 Å². The third-order valence-corrected chi connectivity index (χ3v) is 4.03. The summed E-state index contributed by atoms with van der Waals surface area (Å²) in [5.74, 6) is 0.509. The minimum atomic E-state index is -0.416. The van der Waals surface area contributed by atoms with E-state index in [1.165, 1.54) is 6.07 Å². The molecule has 1 aromatic rings. The molecule has 0 radical (unpaired) electrons. The monoisotopic (exact) mass is 284 g/mol. The Bertz CT molecular complexity index is 482. The van der Waals surface area contributed by atoms with Gasteiger partial charge in [-0.2, -0.15) is 0 Å². The van der Waals surface area contributed by atoms with Gasteiger partial charge < -0.3 is 10.2 Å². The predicted molar refractivity (Wildman–Crippen MR) is 74.1 cm³/mol. The largest absolute Gasteiger partial charge is 0.338 e. The van der Waals surface area contributed by atoms with E-state index in [-0.39, 0.29) is 23.9 Å². The number of rotatable bonds is 1. The lowest BCUT2D eigenvalue weighted by atomic mass is 10.0. The summed E-state index contributed by atoms with van der Waals surface area (Å²) in [7, 11) is 0. The number of benzene rings is 1. The summed E-state index contributed by atoms with van der Waals surface area (Å²) in [4.78, 5) is 14.1. The maximum absolute atomic E-state index is 13.7. The summed E-state index contributed by atoms with van der Waals surface area (Å²) >= 11 is 0. The first-order valence-electron chi connectivity index (χ1n) is 6.41. The lowest BCUT2D eigenvalue weighted by Crippen LogP contribution is -2.32. The molecule has 3 rings (SSSR count). The average molecular weight is 285 g/mol.